The van der Waals surface area contributed by atoms with Crippen LogP contribution in [-0.2, 0) is 17.8 Å². The van der Waals surface area contributed by atoms with Gasteiger partial charge in [-0.05, 0) is 18.9 Å². The van der Waals surface area contributed by atoms with Gasteiger partial charge in [0, 0.05) is 44.2 Å². The van der Waals surface area contributed by atoms with Crippen LogP contribution in [0.15, 0.2) is 41.5 Å². The van der Waals surface area contributed by atoms with Gasteiger partial charge in [-0.1, -0.05) is 50.3 Å². The summed E-state index contributed by atoms with van der Waals surface area (Å²) in [4.78, 5) is 38.9. The molecule has 0 radical (unpaired) electrons. The molecule has 0 unspecified atom stereocenters. The van der Waals surface area contributed by atoms with Crippen molar-refractivity contribution in [2.75, 3.05) is 13.7 Å². The maximum absolute atomic E-state index is 13.9. The number of carbonyl (C=O) groups excluding carboxylic acids is 2. The van der Waals surface area contributed by atoms with Crippen LogP contribution in [0, 0.1) is 5.82 Å². The van der Waals surface area contributed by atoms with Crippen LogP contribution in [0.1, 0.15) is 71.2 Å². The summed E-state index contributed by atoms with van der Waals surface area (Å²) in [5.41, 5.74) is -0.568. The number of benzene rings is 1. The summed E-state index contributed by atoms with van der Waals surface area (Å²) in [6, 6.07) is 6.11. The van der Waals surface area contributed by atoms with Crippen LogP contribution >= 0.6 is 0 Å². The summed E-state index contributed by atoms with van der Waals surface area (Å²) in [6.45, 7) is 0.651. The quantitative estimate of drug-likeness (QED) is 0.636. The number of aromatic nitrogens is 1. The number of methoxy groups -OCH3 is 1. The minimum Gasteiger partial charge on any atom is -0.383 e. The van der Waals surface area contributed by atoms with Crippen LogP contribution in [0.25, 0.3) is 0 Å². The van der Waals surface area contributed by atoms with Gasteiger partial charge >= 0.3 is 0 Å². The predicted octanol–water partition coefficient (Wildman–Crippen LogP) is 3.41. The van der Waals surface area contributed by atoms with Crippen molar-refractivity contribution in [2.45, 2.75) is 64.1 Å². The third kappa shape index (κ3) is 6.99. The molecule has 0 bridgehead atoms. The number of amides is 2. The Kier molecular flexibility index (Phi) is 9.18. The zero-order valence-corrected chi connectivity index (χ0v) is 19.1. The Hall–Kier alpha value is -3.00. The summed E-state index contributed by atoms with van der Waals surface area (Å²) >= 11 is 0. The highest BCUT2D eigenvalue weighted by Gasteiger charge is 2.22. The molecule has 7 nitrogen and oxygen atoms in total. The van der Waals surface area contributed by atoms with E-state index in [1.807, 2.05) is 0 Å². The molecule has 1 aromatic heterocycles. The minimum absolute atomic E-state index is 0.0168. The maximum atomic E-state index is 13.9. The second kappa shape index (κ2) is 12.3. The summed E-state index contributed by atoms with van der Waals surface area (Å²) in [6.07, 6.45) is 10.2. The van der Waals surface area contributed by atoms with Gasteiger partial charge in [0.05, 0.1) is 6.61 Å². The smallest absolute Gasteiger partial charge is 0.257 e. The Labute approximate surface area is 193 Å². The topological polar surface area (TPSA) is 89.4 Å². The number of rotatable bonds is 8. The molecule has 2 N–H and O–H groups in total. The highest BCUT2D eigenvalue weighted by atomic mass is 19.1. The monoisotopic (exact) mass is 457 g/mol. The van der Waals surface area contributed by atoms with Crippen LogP contribution in [0.4, 0.5) is 4.39 Å². The average molecular weight is 458 g/mol. The van der Waals surface area contributed by atoms with E-state index < -0.39 is 23.1 Å². The first-order chi connectivity index (χ1) is 16.0. The lowest BCUT2D eigenvalue weighted by molar-refractivity contribution is 0.0928. The molecular formula is C25H32FN3O4. The Balaban J connectivity index is 1.81. The Bertz CT molecular complexity index is 1010. The van der Waals surface area contributed by atoms with E-state index in [1.54, 1.807) is 29.9 Å². The number of pyridine rings is 1. The molecule has 1 aliphatic rings. The largest absolute Gasteiger partial charge is 0.383 e. The molecule has 0 atom stereocenters. The summed E-state index contributed by atoms with van der Waals surface area (Å²) in [5.74, 6) is -1.57. The predicted molar refractivity (Wildman–Crippen MR) is 124 cm³/mol. The Morgan fingerprint density at radius 1 is 1.03 bits per heavy atom. The molecule has 2 amide bonds. The van der Waals surface area contributed by atoms with E-state index in [0.717, 1.165) is 38.5 Å². The van der Waals surface area contributed by atoms with Gasteiger partial charge < -0.3 is 19.9 Å². The number of carbonyl (C=O) groups is 2. The first-order valence-corrected chi connectivity index (χ1v) is 11.5. The van der Waals surface area contributed by atoms with Gasteiger partial charge in [-0.3, -0.25) is 14.4 Å². The lowest BCUT2D eigenvalue weighted by Gasteiger charge is -2.21. The van der Waals surface area contributed by atoms with Crippen molar-refractivity contribution in [3.8, 4) is 0 Å². The third-order valence-corrected chi connectivity index (χ3v) is 5.96. The molecule has 1 saturated carbocycles. The van der Waals surface area contributed by atoms with E-state index in [-0.39, 0.29) is 23.7 Å². The maximum Gasteiger partial charge on any atom is 0.257 e. The number of nitrogens with one attached hydrogen (secondary N) is 2. The summed E-state index contributed by atoms with van der Waals surface area (Å²) in [7, 11) is 1.55. The second-order valence-corrected chi connectivity index (χ2v) is 8.43. The molecular weight excluding hydrogens is 425 g/mol. The standard InChI is InChI=1S/C25H32FN3O4/c1-33-14-13-29-16-20(24(31)27-15-18-9-7-8-12-22(18)26)23(30)21(17-29)25(32)28-19-10-5-3-2-4-6-11-19/h7-9,12,16-17,19H,2-6,10-11,13-15H2,1H3,(H,27,31)(H,28,32). The number of halogens is 1. The number of hydrogen-bond acceptors (Lipinski definition) is 4. The lowest BCUT2D eigenvalue weighted by atomic mass is 9.96. The Morgan fingerprint density at radius 3 is 2.33 bits per heavy atom. The highest BCUT2D eigenvalue weighted by molar-refractivity contribution is 5.99. The van der Waals surface area contributed by atoms with Crippen molar-refractivity contribution < 1.29 is 18.7 Å². The van der Waals surface area contributed by atoms with E-state index in [4.69, 9.17) is 4.74 Å². The number of ether oxygens (including phenoxy) is 1. The van der Waals surface area contributed by atoms with Crippen molar-refractivity contribution in [3.05, 3.63) is 69.4 Å². The zero-order valence-electron chi connectivity index (χ0n) is 19.1. The SMILES string of the molecule is COCCn1cc(C(=O)NCc2ccccc2F)c(=O)c(C(=O)NC2CCCCCCC2)c1. The summed E-state index contributed by atoms with van der Waals surface area (Å²) in [5, 5.41) is 5.58. The van der Waals surface area contributed by atoms with E-state index in [9.17, 15) is 18.8 Å². The fourth-order valence-corrected chi connectivity index (χ4v) is 4.06. The van der Waals surface area contributed by atoms with E-state index in [2.05, 4.69) is 10.6 Å². The molecule has 8 heteroatoms. The van der Waals surface area contributed by atoms with Crippen LogP contribution in [-0.4, -0.2) is 36.1 Å². The third-order valence-electron chi connectivity index (χ3n) is 5.96. The van der Waals surface area contributed by atoms with Crippen molar-refractivity contribution in [1.82, 2.24) is 15.2 Å². The van der Waals surface area contributed by atoms with Crippen molar-refractivity contribution in [3.63, 3.8) is 0 Å². The van der Waals surface area contributed by atoms with E-state index in [1.165, 1.54) is 24.9 Å². The van der Waals surface area contributed by atoms with Gasteiger partial charge in [-0.2, -0.15) is 0 Å². The second-order valence-electron chi connectivity index (χ2n) is 8.43. The van der Waals surface area contributed by atoms with Gasteiger partial charge in [-0.15, -0.1) is 0 Å². The molecule has 0 saturated heterocycles. The first kappa shape index (κ1) is 24.6. The Morgan fingerprint density at radius 2 is 1.67 bits per heavy atom. The molecule has 33 heavy (non-hydrogen) atoms. The van der Waals surface area contributed by atoms with Crippen LogP contribution < -0.4 is 16.1 Å². The molecule has 0 spiro atoms. The van der Waals surface area contributed by atoms with Crippen LogP contribution in [0.5, 0.6) is 0 Å². The molecule has 1 aromatic carbocycles. The van der Waals surface area contributed by atoms with Gasteiger partial charge in [-0.25, -0.2) is 4.39 Å². The number of hydrogen-bond donors (Lipinski definition) is 2. The molecule has 3 rings (SSSR count). The van der Waals surface area contributed by atoms with Crippen LogP contribution in [0.2, 0.25) is 0 Å². The van der Waals surface area contributed by atoms with Crippen LogP contribution in [0.3, 0.4) is 0 Å². The van der Waals surface area contributed by atoms with Gasteiger partial charge in [0.15, 0.2) is 0 Å². The average Bonchev–Trinajstić information content (AvgIpc) is 2.79. The van der Waals surface area contributed by atoms with Crippen molar-refractivity contribution in [1.29, 1.82) is 0 Å². The molecule has 1 aliphatic carbocycles. The summed E-state index contributed by atoms with van der Waals surface area (Å²) < 4.78 is 20.6. The molecule has 0 aliphatic heterocycles. The fraction of sp³-hybridized carbons (Fsp3) is 0.480. The molecule has 1 fully saturated rings. The van der Waals surface area contributed by atoms with Gasteiger partial charge in [0.1, 0.15) is 16.9 Å². The van der Waals surface area contributed by atoms with Gasteiger partial charge in [0.25, 0.3) is 11.8 Å². The van der Waals surface area contributed by atoms with E-state index >= 15 is 0 Å². The molecule has 1 heterocycles. The fourth-order valence-electron chi connectivity index (χ4n) is 4.06. The van der Waals surface area contributed by atoms with Crippen molar-refractivity contribution in [2.24, 2.45) is 0 Å². The molecule has 2 aromatic rings. The normalized spacial score (nSPS) is 14.8. The molecule has 178 valence electrons. The zero-order chi connectivity index (χ0) is 23.6. The van der Waals surface area contributed by atoms with E-state index in [0.29, 0.717) is 18.7 Å². The minimum atomic E-state index is -0.657. The van der Waals surface area contributed by atoms with Gasteiger partial charge in [0.2, 0.25) is 5.43 Å². The highest BCUT2D eigenvalue weighted by Crippen LogP contribution is 2.17. The lowest BCUT2D eigenvalue weighted by Crippen LogP contribution is -2.40. The number of nitrogens with zero attached hydrogens (tertiary/aromatic N) is 1. The first-order valence-electron chi connectivity index (χ1n) is 11.5. The van der Waals surface area contributed by atoms with Crippen molar-refractivity contribution >= 4 is 11.8 Å².